The topological polar surface area (TPSA) is 0 Å². The van der Waals surface area contributed by atoms with Crippen LogP contribution in [0, 0.1) is 5.92 Å². The Bertz CT molecular complexity index is 77.1. The second kappa shape index (κ2) is 17.5. The SMILES string of the molecule is CC.CC1C=CCC1.CCC.I. The normalized spacial score (nSPS) is 17.9. The van der Waals surface area contributed by atoms with E-state index in [1.54, 1.807) is 0 Å². The van der Waals surface area contributed by atoms with Crippen molar-refractivity contribution in [1.29, 1.82) is 0 Å². The molecule has 0 saturated heterocycles. The molecular formula is C11H25I. The summed E-state index contributed by atoms with van der Waals surface area (Å²) in [4.78, 5) is 0. The van der Waals surface area contributed by atoms with Crippen molar-refractivity contribution >= 4 is 24.0 Å². The Balaban J connectivity index is -0.000000119. The highest BCUT2D eigenvalue weighted by Crippen LogP contribution is 2.14. The lowest BCUT2D eigenvalue weighted by atomic mass is 10.2. The van der Waals surface area contributed by atoms with Gasteiger partial charge in [-0.05, 0) is 18.8 Å². The fraction of sp³-hybridized carbons (Fsp3) is 0.818. The number of halogens is 1. The lowest BCUT2D eigenvalue weighted by molar-refractivity contribution is 0.701. The zero-order valence-electron chi connectivity index (χ0n) is 9.26. The van der Waals surface area contributed by atoms with Gasteiger partial charge >= 0.3 is 0 Å². The molecule has 1 heteroatoms. The monoisotopic (exact) mass is 284 g/mol. The maximum absolute atomic E-state index is 2.28. The average molecular weight is 284 g/mol. The first-order valence-corrected chi connectivity index (χ1v) is 4.97. The fourth-order valence-electron chi connectivity index (χ4n) is 0.784. The Morgan fingerprint density at radius 1 is 1.25 bits per heavy atom. The van der Waals surface area contributed by atoms with Crippen LogP contribution in [0.1, 0.15) is 53.9 Å². The zero-order chi connectivity index (χ0) is 9.11. The Kier molecular flexibility index (Phi) is 26.7. The van der Waals surface area contributed by atoms with Crippen LogP contribution in [0.3, 0.4) is 0 Å². The van der Waals surface area contributed by atoms with Gasteiger partial charge in [-0.15, -0.1) is 24.0 Å². The van der Waals surface area contributed by atoms with Gasteiger partial charge in [0.1, 0.15) is 0 Å². The largest absolute Gasteiger partial charge is 0.107 e. The fourth-order valence-corrected chi connectivity index (χ4v) is 0.784. The molecule has 0 bridgehead atoms. The van der Waals surface area contributed by atoms with E-state index < -0.39 is 0 Å². The number of allylic oxidation sites excluding steroid dienone is 2. The van der Waals surface area contributed by atoms with Crippen molar-refractivity contribution in [1.82, 2.24) is 0 Å². The summed E-state index contributed by atoms with van der Waals surface area (Å²) in [5, 5.41) is 0. The van der Waals surface area contributed by atoms with Crippen molar-refractivity contribution in [3.05, 3.63) is 12.2 Å². The Morgan fingerprint density at radius 2 is 1.67 bits per heavy atom. The molecule has 0 aromatic carbocycles. The summed E-state index contributed by atoms with van der Waals surface area (Å²) in [6, 6.07) is 0. The summed E-state index contributed by atoms with van der Waals surface area (Å²) in [7, 11) is 0. The lowest BCUT2D eigenvalue weighted by Gasteiger charge is -1.89. The third-order valence-electron chi connectivity index (χ3n) is 1.25. The van der Waals surface area contributed by atoms with E-state index >= 15 is 0 Å². The van der Waals surface area contributed by atoms with Crippen LogP contribution >= 0.6 is 24.0 Å². The highest BCUT2D eigenvalue weighted by molar-refractivity contribution is 14.0. The molecule has 1 atom stereocenters. The standard InChI is InChI=1S/C6H10.C3H8.C2H6.HI/c1-6-4-2-3-5-6;1-3-2;1-2;/h2,4,6H,3,5H2,1H3;3H2,1-2H3;1-2H3;1H. The van der Waals surface area contributed by atoms with Crippen molar-refractivity contribution in [2.24, 2.45) is 5.92 Å². The first kappa shape index (κ1) is 18.3. The van der Waals surface area contributed by atoms with E-state index in [0.717, 1.165) is 5.92 Å². The molecule has 0 aromatic heterocycles. The van der Waals surface area contributed by atoms with E-state index in [1.807, 2.05) is 13.8 Å². The summed E-state index contributed by atoms with van der Waals surface area (Å²) >= 11 is 0. The van der Waals surface area contributed by atoms with E-state index in [0.29, 0.717) is 0 Å². The van der Waals surface area contributed by atoms with Gasteiger partial charge in [0.15, 0.2) is 0 Å². The van der Waals surface area contributed by atoms with Crippen LogP contribution in [0.2, 0.25) is 0 Å². The first-order valence-electron chi connectivity index (χ1n) is 4.97. The van der Waals surface area contributed by atoms with Crippen LogP contribution in [-0.2, 0) is 0 Å². The van der Waals surface area contributed by atoms with E-state index in [9.17, 15) is 0 Å². The van der Waals surface area contributed by atoms with Gasteiger partial charge in [-0.25, -0.2) is 0 Å². The summed E-state index contributed by atoms with van der Waals surface area (Å²) in [5.74, 6) is 0.866. The van der Waals surface area contributed by atoms with E-state index in [2.05, 4.69) is 32.9 Å². The maximum Gasteiger partial charge on any atom is -0.0259 e. The molecule has 0 fully saturated rings. The van der Waals surface area contributed by atoms with Gasteiger partial charge in [0.05, 0.1) is 0 Å². The molecule has 1 unspecified atom stereocenters. The minimum atomic E-state index is 0. The summed E-state index contributed by atoms with van der Waals surface area (Å²) in [5.41, 5.74) is 0. The van der Waals surface area contributed by atoms with Crippen LogP contribution in [0.25, 0.3) is 0 Å². The van der Waals surface area contributed by atoms with Crippen LogP contribution in [0.4, 0.5) is 0 Å². The number of hydrogen-bond donors (Lipinski definition) is 0. The van der Waals surface area contributed by atoms with Gasteiger partial charge in [-0.1, -0.05) is 53.2 Å². The molecule has 1 rings (SSSR count). The second-order valence-electron chi connectivity index (χ2n) is 2.69. The predicted molar refractivity (Wildman–Crippen MR) is 70.3 cm³/mol. The third-order valence-corrected chi connectivity index (χ3v) is 1.25. The molecule has 0 saturated carbocycles. The van der Waals surface area contributed by atoms with Crippen molar-refractivity contribution < 1.29 is 0 Å². The molecule has 0 radical (unpaired) electrons. The van der Waals surface area contributed by atoms with Crippen LogP contribution in [-0.4, -0.2) is 0 Å². The van der Waals surface area contributed by atoms with E-state index in [-0.39, 0.29) is 24.0 Å². The van der Waals surface area contributed by atoms with Crippen molar-refractivity contribution in [3.8, 4) is 0 Å². The highest BCUT2D eigenvalue weighted by Gasteiger charge is 1.98. The minimum Gasteiger partial charge on any atom is -0.107 e. The molecule has 0 heterocycles. The quantitative estimate of drug-likeness (QED) is 0.432. The minimum absolute atomic E-state index is 0. The molecule has 0 N–H and O–H groups in total. The van der Waals surface area contributed by atoms with Crippen LogP contribution in [0.15, 0.2) is 12.2 Å². The Hall–Kier alpha value is 0.470. The van der Waals surface area contributed by atoms with Crippen molar-refractivity contribution in [2.45, 2.75) is 53.9 Å². The molecule has 0 aliphatic heterocycles. The second-order valence-corrected chi connectivity index (χ2v) is 2.69. The van der Waals surface area contributed by atoms with Gasteiger partial charge in [0.2, 0.25) is 0 Å². The number of hydrogen-bond acceptors (Lipinski definition) is 0. The van der Waals surface area contributed by atoms with Gasteiger partial charge < -0.3 is 0 Å². The molecular weight excluding hydrogens is 259 g/mol. The van der Waals surface area contributed by atoms with E-state index in [1.165, 1.54) is 19.3 Å². The zero-order valence-corrected chi connectivity index (χ0v) is 11.6. The van der Waals surface area contributed by atoms with Gasteiger partial charge in [0.25, 0.3) is 0 Å². The molecule has 0 nitrogen and oxygen atoms in total. The smallest absolute Gasteiger partial charge is 0.0259 e. The summed E-state index contributed by atoms with van der Waals surface area (Å²) in [6.45, 7) is 10.5. The van der Waals surface area contributed by atoms with Crippen LogP contribution in [0.5, 0.6) is 0 Å². The molecule has 0 amide bonds. The van der Waals surface area contributed by atoms with Gasteiger partial charge in [-0.2, -0.15) is 0 Å². The molecule has 1 aliphatic carbocycles. The molecule has 0 aromatic rings. The Morgan fingerprint density at radius 3 is 1.75 bits per heavy atom. The third kappa shape index (κ3) is 16.8. The average Bonchev–Trinajstić information content (AvgIpc) is 2.46. The van der Waals surface area contributed by atoms with E-state index in [4.69, 9.17) is 0 Å². The number of rotatable bonds is 0. The van der Waals surface area contributed by atoms with Gasteiger partial charge in [-0.3, -0.25) is 0 Å². The lowest BCUT2D eigenvalue weighted by Crippen LogP contribution is -1.76. The predicted octanol–water partition coefficient (Wildman–Crippen LogP) is 5.03. The maximum atomic E-state index is 2.28. The molecule has 1 aliphatic rings. The molecule has 76 valence electrons. The van der Waals surface area contributed by atoms with Crippen LogP contribution < -0.4 is 0 Å². The van der Waals surface area contributed by atoms with Crippen molar-refractivity contribution in [2.75, 3.05) is 0 Å². The molecule has 0 spiro atoms. The highest BCUT2D eigenvalue weighted by atomic mass is 127. The molecule has 12 heavy (non-hydrogen) atoms. The summed E-state index contributed by atoms with van der Waals surface area (Å²) < 4.78 is 0. The Labute approximate surface area is 95.8 Å². The summed E-state index contributed by atoms with van der Waals surface area (Å²) in [6.07, 6.45) is 8.46. The van der Waals surface area contributed by atoms with Gasteiger partial charge in [0, 0.05) is 0 Å². The van der Waals surface area contributed by atoms with Crippen molar-refractivity contribution in [3.63, 3.8) is 0 Å². The first-order chi connectivity index (χ1) is 5.31.